The van der Waals surface area contributed by atoms with Crippen LogP contribution in [0, 0.1) is 0 Å². The lowest BCUT2D eigenvalue weighted by molar-refractivity contribution is -0.414. The summed E-state index contributed by atoms with van der Waals surface area (Å²) >= 11 is 0. The molecular weight excluding hydrogens is 432 g/mol. The average Bonchev–Trinajstić information content (AvgIpc) is 2.52. The molecule has 1 unspecified atom stereocenters. The predicted octanol–water partition coefficient (Wildman–Crippen LogP) is 4.30. The maximum Gasteiger partial charge on any atom is 0.384 e. The van der Waals surface area contributed by atoms with Crippen LogP contribution in [0.2, 0.25) is 0 Å². The molecular formula is C13H12F12O3. The van der Waals surface area contributed by atoms with E-state index in [1.165, 1.54) is 0 Å². The molecule has 15 heteroatoms. The second-order valence-electron chi connectivity index (χ2n) is 5.55. The van der Waals surface area contributed by atoms with Gasteiger partial charge >= 0.3 is 42.0 Å². The van der Waals surface area contributed by atoms with Crippen LogP contribution in [0.1, 0.15) is 13.3 Å². The van der Waals surface area contributed by atoms with Crippen molar-refractivity contribution >= 4 is 5.97 Å². The first-order valence-corrected chi connectivity index (χ1v) is 6.85. The molecule has 0 radical (unpaired) electrons. The van der Waals surface area contributed by atoms with Gasteiger partial charge in [-0.2, -0.15) is 43.9 Å². The molecule has 0 aliphatic carbocycles. The molecule has 3 nitrogen and oxygen atoms in total. The first kappa shape index (κ1) is 26.3. The summed E-state index contributed by atoms with van der Waals surface area (Å²) in [5.41, 5.74) is -0.526. The van der Waals surface area contributed by atoms with E-state index in [-0.39, 0.29) is 0 Å². The van der Waals surface area contributed by atoms with E-state index in [1.54, 1.807) is 0 Å². The predicted molar refractivity (Wildman–Crippen MR) is 67.1 cm³/mol. The molecule has 0 rings (SSSR count). The summed E-state index contributed by atoms with van der Waals surface area (Å²) in [4.78, 5) is 11.1. The van der Waals surface area contributed by atoms with Crippen LogP contribution < -0.4 is 0 Å². The molecule has 0 saturated carbocycles. The number of halogens is 12. The molecule has 1 N–H and O–H groups in total. The Labute approximate surface area is 148 Å². The number of esters is 1. The van der Waals surface area contributed by atoms with E-state index >= 15 is 0 Å². The number of aliphatic hydroxyl groups is 1. The van der Waals surface area contributed by atoms with Gasteiger partial charge in [0.2, 0.25) is 0 Å². The first-order valence-electron chi connectivity index (χ1n) is 6.85. The summed E-state index contributed by atoms with van der Waals surface area (Å²) in [6.45, 7) is 2.16. The van der Waals surface area contributed by atoms with Crippen molar-refractivity contribution in [1.82, 2.24) is 0 Å². The van der Waals surface area contributed by atoms with E-state index in [1.807, 2.05) is 0 Å². The normalized spacial score (nSPS) is 15.5. The molecule has 0 saturated heterocycles. The van der Waals surface area contributed by atoms with Crippen molar-refractivity contribution in [3.05, 3.63) is 12.2 Å². The topological polar surface area (TPSA) is 46.5 Å². The summed E-state index contributed by atoms with van der Waals surface area (Å²) in [5.74, 6) is -37.6. The molecule has 0 heterocycles. The van der Waals surface area contributed by atoms with Crippen molar-refractivity contribution in [1.29, 1.82) is 0 Å². The van der Waals surface area contributed by atoms with Gasteiger partial charge in [0.15, 0.2) is 0 Å². The Hall–Kier alpha value is -1.67. The van der Waals surface area contributed by atoms with E-state index in [2.05, 4.69) is 11.3 Å². The van der Waals surface area contributed by atoms with E-state index in [0.29, 0.717) is 0 Å². The minimum absolute atomic E-state index is 0.526. The third-order valence-electron chi connectivity index (χ3n) is 3.25. The van der Waals surface area contributed by atoms with Crippen LogP contribution in [0.4, 0.5) is 52.7 Å². The molecule has 0 aromatic carbocycles. The maximum atomic E-state index is 13.6. The highest BCUT2D eigenvalue weighted by molar-refractivity contribution is 5.87. The van der Waals surface area contributed by atoms with Gasteiger partial charge in [-0.1, -0.05) is 6.58 Å². The van der Waals surface area contributed by atoms with Gasteiger partial charge in [-0.05, 0) is 6.92 Å². The van der Waals surface area contributed by atoms with Crippen LogP contribution in [-0.2, 0) is 9.53 Å². The molecule has 0 amide bonds. The Morgan fingerprint density at radius 2 is 1.36 bits per heavy atom. The lowest BCUT2D eigenvalue weighted by Gasteiger charge is -2.39. The Bertz CT molecular complexity index is 587. The minimum Gasteiger partial charge on any atom is -0.456 e. The SMILES string of the molecule is C=C(C)C(=O)OC(CO)CC(F)(F)C(F)(F)C(F)(F)C(F)(F)C(F)(F)C(F)F. The molecule has 0 bridgehead atoms. The largest absolute Gasteiger partial charge is 0.456 e. The number of ether oxygens (including phenoxy) is 1. The summed E-state index contributed by atoms with van der Waals surface area (Å²) in [7, 11) is 0. The monoisotopic (exact) mass is 444 g/mol. The lowest BCUT2D eigenvalue weighted by atomic mass is 9.92. The Morgan fingerprint density at radius 1 is 0.929 bits per heavy atom. The highest BCUT2D eigenvalue weighted by Crippen LogP contribution is 2.58. The zero-order chi connectivity index (χ0) is 22.9. The van der Waals surface area contributed by atoms with Crippen LogP contribution >= 0.6 is 0 Å². The number of carbonyl (C=O) groups is 1. The Kier molecular flexibility index (Phi) is 7.51. The number of hydrogen-bond donors (Lipinski definition) is 1. The van der Waals surface area contributed by atoms with E-state index in [9.17, 15) is 57.5 Å². The molecule has 0 aliphatic rings. The van der Waals surface area contributed by atoms with E-state index < -0.39 is 66.7 Å². The second-order valence-corrected chi connectivity index (χ2v) is 5.55. The fourth-order valence-corrected chi connectivity index (χ4v) is 1.58. The standard InChI is InChI=1S/C13H12F12O3/c1-5(2)7(27)28-6(4-26)3-9(16,17)11(20,21)13(24,25)12(22,23)10(18,19)8(14)15/h6,8,26H,1,3-4H2,2H3. The van der Waals surface area contributed by atoms with E-state index in [0.717, 1.165) is 6.92 Å². The minimum atomic E-state index is -7.68. The van der Waals surface area contributed by atoms with Gasteiger partial charge in [0.25, 0.3) is 0 Å². The summed E-state index contributed by atoms with van der Waals surface area (Å²) in [6, 6.07) is 0. The number of rotatable bonds is 10. The van der Waals surface area contributed by atoms with Crippen LogP contribution in [-0.4, -0.2) is 59.8 Å². The summed E-state index contributed by atoms with van der Waals surface area (Å²) in [6.07, 6.45) is -11.0. The van der Waals surface area contributed by atoms with Gasteiger partial charge in [0, 0.05) is 5.57 Å². The molecule has 1 atom stereocenters. The third-order valence-corrected chi connectivity index (χ3v) is 3.25. The zero-order valence-electron chi connectivity index (χ0n) is 13.6. The van der Waals surface area contributed by atoms with Gasteiger partial charge in [-0.25, -0.2) is 13.6 Å². The molecule has 0 aliphatic heterocycles. The number of aliphatic hydroxyl groups excluding tert-OH is 1. The van der Waals surface area contributed by atoms with Crippen molar-refractivity contribution in [2.24, 2.45) is 0 Å². The van der Waals surface area contributed by atoms with Gasteiger partial charge < -0.3 is 9.84 Å². The van der Waals surface area contributed by atoms with Crippen molar-refractivity contribution in [3.8, 4) is 0 Å². The van der Waals surface area contributed by atoms with Gasteiger partial charge in [-0.3, -0.25) is 0 Å². The average molecular weight is 444 g/mol. The van der Waals surface area contributed by atoms with Crippen LogP contribution in [0.3, 0.4) is 0 Å². The van der Waals surface area contributed by atoms with E-state index in [4.69, 9.17) is 5.11 Å². The lowest BCUT2D eigenvalue weighted by Crippen LogP contribution is -2.69. The fraction of sp³-hybridized carbons (Fsp3) is 0.769. The number of carbonyl (C=O) groups excluding carboxylic acids is 1. The molecule has 0 aromatic rings. The highest BCUT2D eigenvalue weighted by Gasteiger charge is 2.87. The molecule has 0 aromatic heterocycles. The molecule has 166 valence electrons. The van der Waals surface area contributed by atoms with Crippen molar-refractivity contribution < 1.29 is 67.3 Å². The van der Waals surface area contributed by atoms with Gasteiger partial charge in [0.05, 0.1) is 13.0 Å². The Balaban J connectivity index is 5.97. The first-order chi connectivity index (χ1) is 12.2. The molecule has 28 heavy (non-hydrogen) atoms. The number of hydrogen-bond acceptors (Lipinski definition) is 3. The van der Waals surface area contributed by atoms with Crippen molar-refractivity contribution in [2.75, 3.05) is 6.61 Å². The highest BCUT2D eigenvalue weighted by atomic mass is 19.4. The fourth-order valence-electron chi connectivity index (χ4n) is 1.58. The van der Waals surface area contributed by atoms with Crippen LogP contribution in [0.25, 0.3) is 0 Å². The quantitative estimate of drug-likeness (QED) is 0.311. The third kappa shape index (κ3) is 4.33. The van der Waals surface area contributed by atoms with Gasteiger partial charge in [0.1, 0.15) is 6.10 Å². The Morgan fingerprint density at radius 3 is 1.68 bits per heavy atom. The van der Waals surface area contributed by atoms with Crippen LogP contribution in [0.15, 0.2) is 12.2 Å². The van der Waals surface area contributed by atoms with Crippen molar-refractivity contribution in [2.45, 2.75) is 55.5 Å². The molecule has 0 fully saturated rings. The smallest absolute Gasteiger partial charge is 0.384 e. The summed E-state index contributed by atoms with van der Waals surface area (Å²) in [5, 5.41) is 8.71. The van der Waals surface area contributed by atoms with Crippen LogP contribution in [0.5, 0.6) is 0 Å². The zero-order valence-corrected chi connectivity index (χ0v) is 13.6. The second kappa shape index (κ2) is 7.99. The summed E-state index contributed by atoms with van der Waals surface area (Å²) < 4.78 is 160. The van der Waals surface area contributed by atoms with Gasteiger partial charge in [-0.15, -0.1) is 0 Å². The maximum absolute atomic E-state index is 13.6. The molecule has 0 spiro atoms. The van der Waals surface area contributed by atoms with Crippen molar-refractivity contribution in [3.63, 3.8) is 0 Å². The number of alkyl halides is 12.